The van der Waals surface area contributed by atoms with E-state index in [0.717, 1.165) is 29.0 Å². The number of hydrogen-bond acceptors (Lipinski definition) is 3. The van der Waals surface area contributed by atoms with E-state index in [0.29, 0.717) is 0 Å². The summed E-state index contributed by atoms with van der Waals surface area (Å²) in [6.45, 7) is 4.18. The van der Waals surface area contributed by atoms with Gasteiger partial charge in [-0.3, -0.25) is 4.79 Å². The van der Waals surface area contributed by atoms with Gasteiger partial charge in [-0.2, -0.15) is 0 Å². The van der Waals surface area contributed by atoms with Crippen molar-refractivity contribution in [3.63, 3.8) is 0 Å². The molecule has 0 radical (unpaired) electrons. The summed E-state index contributed by atoms with van der Waals surface area (Å²) in [4.78, 5) is 14.9. The van der Waals surface area contributed by atoms with Crippen LogP contribution in [0.5, 0.6) is 5.75 Å². The molecule has 25 heavy (non-hydrogen) atoms. The van der Waals surface area contributed by atoms with Crippen molar-refractivity contribution < 1.29 is 9.53 Å². The van der Waals surface area contributed by atoms with Gasteiger partial charge in [-0.1, -0.05) is 43.3 Å². The van der Waals surface area contributed by atoms with Gasteiger partial charge in [0.15, 0.2) is 0 Å². The molecule has 2 atom stereocenters. The summed E-state index contributed by atoms with van der Waals surface area (Å²) < 4.78 is 5.41. The van der Waals surface area contributed by atoms with Crippen LogP contribution in [0.2, 0.25) is 0 Å². The first-order valence-corrected chi connectivity index (χ1v) is 8.65. The Morgan fingerprint density at radius 1 is 1.20 bits per heavy atom. The van der Waals surface area contributed by atoms with E-state index in [1.807, 2.05) is 65.6 Å². The zero-order valence-electron chi connectivity index (χ0n) is 14.9. The fourth-order valence-electron chi connectivity index (χ4n) is 3.10. The van der Waals surface area contributed by atoms with Gasteiger partial charge in [-0.25, -0.2) is 0 Å². The van der Waals surface area contributed by atoms with Gasteiger partial charge >= 0.3 is 0 Å². The number of nitrogens with zero attached hydrogens (tertiary/aromatic N) is 1. The summed E-state index contributed by atoms with van der Waals surface area (Å²) in [7, 11) is 1.66. The molecule has 4 nitrogen and oxygen atoms in total. The van der Waals surface area contributed by atoms with E-state index in [1.165, 1.54) is 0 Å². The number of para-hydroxylation sites is 2. The van der Waals surface area contributed by atoms with Crippen LogP contribution in [0.15, 0.2) is 54.6 Å². The Kier molecular flexibility index (Phi) is 5.08. The molecule has 0 unspecified atom stereocenters. The Morgan fingerprint density at radius 2 is 1.92 bits per heavy atom. The Balaban J connectivity index is 1.95. The quantitative estimate of drug-likeness (QED) is 0.880. The number of ether oxygens (including phenoxy) is 1. The molecule has 0 spiro atoms. The van der Waals surface area contributed by atoms with E-state index in [4.69, 9.17) is 4.74 Å². The first-order chi connectivity index (χ1) is 12.2. The molecule has 3 rings (SSSR count). The monoisotopic (exact) mass is 336 g/mol. The summed E-state index contributed by atoms with van der Waals surface area (Å²) in [5.41, 5.74) is 2.59. The standard InChI is InChI=1S/C21H24N2O2/c1-4-15(2)23-20(14-13-16-9-5-8-12-19(16)25-3)22-18-11-7-6-10-17(18)21(23)24/h5-15,20,22H,4H2,1-3H3/b14-13+/t15-,20+/m0/s1. The highest BCUT2D eigenvalue weighted by molar-refractivity contribution is 6.02. The third kappa shape index (κ3) is 3.38. The van der Waals surface area contributed by atoms with Gasteiger partial charge in [0.1, 0.15) is 11.9 Å². The lowest BCUT2D eigenvalue weighted by Gasteiger charge is -2.40. The second-order valence-electron chi connectivity index (χ2n) is 6.21. The van der Waals surface area contributed by atoms with Gasteiger partial charge in [0.05, 0.1) is 12.7 Å². The smallest absolute Gasteiger partial charge is 0.258 e. The average Bonchev–Trinajstić information content (AvgIpc) is 2.66. The Labute approximate surface area is 149 Å². The van der Waals surface area contributed by atoms with Crippen molar-refractivity contribution in [3.05, 3.63) is 65.7 Å². The number of benzene rings is 2. The van der Waals surface area contributed by atoms with Gasteiger partial charge in [0.2, 0.25) is 0 Å². The first kappa shape index (κ1) is 17.1. The minimum absolute atomic E-state index is 0.0679. The number of carbonyl (C=O) groups is 1. The molecule has 0 aromatic heterocycles. The predicted octanol–water partition coefficient (Wildman–Crippen LogP) is 4.40. The summed E-state index contributed by atoms with van der Waals surface area (Å²) in [5.74, 6) is 0.884. The molecular weight excluding hydrogens is 312 g/mol. The summed E-state index contributed by atoms with van der Waals surface area (Å²) in [6.07, 6.45) is 4.74. The van der Waals surface area contributed by atoms with Crippen LogP contribution < -0.4 is 10.1 Å². The Morgan fingerprint density at radius 3 is 2.68 bits per heavy atom. The van der Waals surface area contributed by atoms with Crippen LogP contribution >= 0.6 is 0 Å². The van der Waals surface area contributed by atoms with Gasteiger partial charge in [0.25, 0.3) is 5.91 Å². The number of anilines is 1. The van der Waals surface area contributed by atoms with Crippen molar-refractivity contribution in [2.24, 2.45) is 0 Å². The average molecular weight is 336 g/mol. The molecule has 0 aliphatic carbocycles. The predicted molar refractivity (Wildman–Crippen MR) is 102 cm³/mol. The molecule has 0 saturated carbocycles. The highest BCUT2D eigenvalue weighted by Gasteiger charge is 2.32. The van der Waals surface area contributed by atoms with Gasteiger partial charge < -0.3 is 15.0 Å². The normalized spacial score (nSPS) is 18.0. The second-order valence-corrected chi connectivity index (χ2v) is 6.21. The van der Waals surface area contributed by atoms with E-state index in [-0.39, 0.29) is 18.1 Å². The summed E-state index contributed by atoms with van der Waals surface area (Å²) in [6, 6.07) is 15.7. The highest BCUT2D eigenvalue weighted by Crippen LogP contribution is 2.28. The Hall–Kier alpha value is -2.75. The van der Waals surface area contributed by atoms with Crippen molar-refractivity contribution >= 4 is 17.7 Å². The van der Waals surface area contributed by atoms with Crippen molar-refractivity contribution in [1.29, 1.82) is 0 Å². The molecule has 130 valence electrons. The molecule has 2 aromatic rings. The molecule has 1 aliphatic rings. The summed E-state index contributed by atoms with van der Waals surface area (Å²) >= 11 is 0. The molecule has 1 aliphatic heterocycles. The fraction of sp³-hybridized carbons (Fsp3) is 0.286. The molecule has 4 heteroatoms. The van der Waals surface area contributed by atoms with E-state index < -0.39 is 0 Å². The molecule has 1 heterocycles. The van der Waals surface area contributed by atoms with E-state index in [1.54, 1.807) is 7.11 Å². The van der Waals surface area contributed by atoms with Crippen molar-refractivity contribution in [2.75, 3.05) is 12.4 Å². The maximum atomic E-state index is 13.0. The molecular formula is C21H24N2O2. The van der Waals surface area contributed by atoms with Crippen LogP contribution in [-0.4, -0.2) is 30.1 Å². The zero-order valence-corrected chi connectivity index (χ0v) is 14.9. The maximum Gasteiger partial charge on any atom is 0.258 e. The molecule has 0 fully saturated rings. The van der Waals surface area contributed by atoms with Crippen molar-refractivity contribution in [1.82, 2.24) is 4.90 Å². The van der Waals surface area contributed by atoms with Gasteiger partial charge in [-0.05, 0) is 37.6 Å². The third-order valence-electron chi connectivity index (χ3n) is 4.66. The third-order valence-corrected chi connectivity index (χ3v) is 4.66. The lowest BCUT2D eigenvalue weighted by atomic mass is 10.0. The topological polar surface area (TPSA) is 41.6 Å². The van der Waals surface area contributed by atoms with Crippen LogP contribution in [0.3, 0.4) is 0 Å². The van der Waals surface area contributed by atoms with E-state index in [2.05, 4.69) is 19.2 Å². The molecule has 2 aromatic carbocycles. The van der Waals surface area contributed by atoms with E-state index in [9.17, 15) is 4.79 Å². The minimum Gasteiger partial charge on any atom is -0.496 e. The van der Waals surface area contributed by atoms with Crippen LogP contribution in [0.25, 0.3) is 6.08 Å². The lowest BCUT2D eigenvalue weighted by molar-refractivity contribution is 0.0639. The molecule has 0 saturated heterocycles. The molecule has 1 N–H and O–H groups in total. The number of nitrogens with one attached hydrogen (secondary N) is 1. The van der Waals surface area contributed by atoms with Crippen molar-refractivity contribution in [2.45, 2.75) is 32.5 Å². The number of rotatable bonds is 5. The molecule has 0 bridgehead atoms. The maximum absolute atomic E-state index is 13.0. The number of fused-ring (bicyclic) bond motifs is 1. The second kappa shape index (κ2) is 7.43. The summed E-state index contributed by atoms with van der Waals surface area (Å²) in [5, 5.41) is 3.48. The zero-order chi connectivity index (χ0) is 17.8. The van der Waals surface area contributed by atoms with Crippen LogP contribution in [0.1, 0.15) is 36.2 Å². The van der Waals surface area contributed by atoms with Crippen LogP contribution in [-0.2, 0) is 0 Å². The van der Waals surface area contributed by atoms with Crippen LogP contribution in [0, 0.1) is 0 Å². The number of methoxy groups -OCH3 is 1. The largest absolute Gasteiger partial charge is 0.496 e. The SMILES string of the molecule is CC[C@H](C)N1C(=O)c2ccccc2N[C@H]1/C=C/c1ccccc1OC. The van der Waals surface area contributed by atoms with E-state index >= 15 is 0 Å². The van der Waals surface area contributed by atoms with Crippen molar-refractivity contribution in [3.8, 4) is 5.75 Å². The highest BCUT2D eigenvalue weighted by atomic mass is 16.5. The number of carbonyl (C=O) groups excluding carboxylic acids is 1. The lowest BCUT2D eigenvalue weighted by Crippen LogP contribution is -2.51. The Bertz CT molecular complexity index is 785. The van der Waals surface area contributed by atoms with Gasteiger partial charge in [-0.15, -0.1) is 0 Å². The fourth-order valence-corrected chi connectivity index (χ4v) is 3.10. The van der Waals surface area contributed by atoms with Gasteiger partial charge in [0, 0.05) is 17.3 Å². The van der Waals surface area contributed by atoms with Crippen LogP contribution in [0.4, 0.5) is 5.69 Å². The number of amides is 1. The molecule has 1 amide bonds. The number of hydrogen-bond donors (Lipinski definition) is 1. The minimum atomic E-state index is -0.192. The first-order valence-electron chi connectivity index (χ1n) is 8.65.